The van der Waals surface area contributed by atoms with Crippen molar-refractivity contribution in [3.63, 3.8) is 0 Å². The molecule has 2 heterocycles. The normalized spacial score (nSPS) is 12.7. The van der Waals surface area contributed by atoms with E-state index in [9.17, 15) is 0 Å². The van der Waals surface area contributed by atoms with Crippen LogP contribution in [0.4, 0.5) is 0 Å². The first-order chi connectivity index (χ1) is 10.3. The number of pyridine rings is 1. The lowest BCUT2D eigenvalue weighted by Gasteiger charge is -2.20. The highest BCUT2D eigenvalue weighted by molar-refractivity contribution is 5.82. The topological polar surface area (TPSA) is 42.7 Å². The van der Waals surface area contributed by atoms with Crippen molar-refractivity contribution in [2.45, 2.75) is 19.4 Å². The van der Waals surface area contributed by atoms with Crippen LogP contribution in [0, 0.1) is 0 Å². The number of nitrogens with zero attached hydrogens (tertiary/aromatic N) is 3. The van der Waals surface area contributed by atoms with Gasteiger partial charge in [-0.2, -0.15) is 0 Å². The Balaban J connectivity index is 2.12. The van der Waals surface area contributed by atoms with Crippen LogP contribution in [-0.2, 0) is 7.05 Å². The number of aromatic nitrogens is 3. The molecule has 0 aliphatic carbocycles. The Hall–Kier alpha value is -2.20. The van der Waals surface area contributed by atoms with Gasteiger partial charge in [-0.05, 0) is 30.7 Å². The first-order valence-corrected chi connectivity index (χ1v) is 7.35. The highest BCUT2D eigenvalue weighted by Crippen LogP contribution is 2.27. The molecule has 0 aliphatic heterocycles. The molecule has 1 atom stereocenters. The van der Waals surface area contributed by atoms with E-state index in [1.807, 2.05) is 37.8 Å². The minimum Gasteiger partial charge on any atom is -0.336 e. The molecule has 0 bridgehead atoms. The van der Waals surface area contributed by atoms with Gasteiger partial charge >= 0.3 is 0 Å². The van der Waals surface area contributed by atoms with Gasteiger partial charge in [-0.1, -0.05) is 25.1 Å². The molecule has 0 fully saturated rings. The van der Waals surface area contributed by atoms with Gasteiger partial charge in [0, 0.05) is 31.0 Å². The molecule has 1 unspecified atom stereocenters. The third kappa shape index (κ3) is 2.67. The quantitative estimate of drug-likeness (QED) is 0.781. The van der Waals surface area contributed by atoms with E-state index in [1.54, 1.807) is 0 Å². The average molecular weight is 280 g/mol. The molecule has 21 heavy (non-hydrogen) atoms. The van der Waals surface area contributed by atoms with Crippen molar-refractivity contribution in [3.8, 4) is 0 Å². The Morgan fingerprint density at radius 2 is 2.05 bits per heavy atom. The number of hydrogen-bond donors (Lipinski definition) is 1. The average Bonchev–Trinajstić information content (AvgIpc) is 2.94. The number of fused-ring (bicyclic) bond motifs is 1. The van der Waals surface area contributed by atoms with Gasteiger partial charge in [-0.15, -0.1) is 0 Å². The van der Waals surface area contributed by atoms with Crippen LogP contribution in [0.3, 0.4) is 0 Å². The summed E-state index contributed by atoms with van der Waals surface area (Å²) in [5.41, 5.74) is 2.25. The first kappa shape index (κ1) is 13.8. The monoisotopic (exact) mass is 280 g/mol. The van der Waals surface area contributed by atoms with E-state index >= 15 is 0 Å². The largest absolute Gasteiger partial charge is 0.336 e. The van der Waals surface area contributed by atoms with Crippen molar-refractivity contribution < 1.29 is 0 Å². The molecule has 2 aromatic heterocycles. The lowest BCUT2D eigenvalue weighted by molar-refractivity contribution is 0.558. The zero-order valence-electron chi connectivity index (χ0n) is 12.5. The fraction of sp³-hybridized carbons (Fsp3) is 0.294. The van der Waals surface area contributed by atoms with Gasteiger partial charge < -0.3 is 9.88 Å². The lowest BCUT2D eigenvalue weighted by Crippen LogP contribution is -2.26. The van der Waals surface area contributed by atoms with Crippen LogP contribution in [0.2, 0.25) is 0 Å². The molecule has 0 amide bonds. The maximum absolute atomic E-state index is 4.53. The van der Waals surface area contributed by atoms with Crippen molar-refractivity contribution in [2.75, 3.05) is 6.54 Å². The third-order valence-electron chi connectivity index (χ3n) is 3.71. The summed E-state index contributed by atoms with van der Waals surface area (Å²) in [7, 11) is 2.03. The van der Waals surface area contributed by atoms with E-state index in [0.717, 1.165) is 24.3 Å². The van der Waals surface area contributed by atoms with Crippen molar-refractivity contribution >= 4 is 10.9 Å². The summed E-state index contributed by atoms with van der Waals surface area (Å²) in [5, 5.41) is 4.79. The van der Waals surface area contributed by atoms with Crippen LogP contribution in [0.25, 0.3) is 10.9 Å². The van der Waals surface area contributed by atoms with E-state index in [1.165, 1.54) is 10.9 Å². The van der Waals surface area contributed by atoms with Crippen LogP contribution in [-0.4, -0.2) is 21.1 Å². The molecular weight excluding hydrogens is 260 g/mol. The van der Waals surface area contributed by atoms with Crippen molar-refractivity contribution in [2.24, 2.45) is 7.05 Å². The molecule has 108 valence electrons. The van der Waals surface area contributed by atoms with Crippen LogP contribution in [0.1, 0.15) is 30.8 Å². The SMILES string of the molecule is CCCNC(c1cccc2ncccc12)c1nccn1C. The summed E-state index contributed by atoms with van der Waals surface area (Å²) in [6.07, 6.45) is 6.75. The molecule has 4 nitrogen and oxygen atoms in total. The zero-order valence-corrected chi connectivity index (χ0v) is 12.5. The van der Waals surface area contributed by atoms with Crippen molar-refractivity contribution in [3.05, 3.63) is 60.3 Å². The van der Waals surface area contributed by atoms with Crippen LogP contribution < -0.4 is 5.32 Å². The summed E-state index contributed by atoms with van der Waals surface area (Å²) >= 11 is 0. The number of aryl methyl sites for hydroxylation is 1. The predicted octanol–water partition coefficient (Wildman–Crippen LogP) is 3.06. The summed E-state index contributed by atoms with van der Waals surface area (Å²) < 4.78 is 2.07. The molecule has 0 saturated heterocycles. The molecule has 3 rings (SSSR count). The van der Waals surface area contributed by atoms with Crippen molar-refractivity contribution in [1.29, 1.82) is 0 Å². The highest BCUT2D eigenvalue weighted by atomic mass is 15.1. The van der Waals surface area contributed by atoms with E-state index in [4.69, 9.17) is 0 Å². The smallest absolute Gasteiger partial charge is 0.130 e. The van der Waals surface area contributed by atoms with Gasteiger partial charge in [-0.25, -0.2) is 4.98 Å². The number of nitrogens with one attached hydrogen (secondary N) is 1. The standard InChI is InChI=1S/C17H20N4/c1-3-9-19-16(17-20-11-12-21(17)2)14-6-4-8-15-13(14)7-5-10-18-15/h4-8,10-12,16,19H,3,9H2,1-2H3. The molecule has 0 spiro atoms. The van der Waals surface area contributed by atoms with Crippen molar-refractivity contribution in [1.82, 2.24) is 19.9 Å². The molecule has 0 aliphatic rings. The van der Waals surface area contributed by atoms with Gasteiger partial charge in [0.25, 0.3) is 0 Å². The lowest BCUT2D eigenvalue weighted by atomic mass is 10.0. The second kappa shape index (κ2) is 6.06. The Labute approximate surface area is 124 Å². The highest BCUT2D eigenvalue weighted by Gasteiger charge is 2.19. The zero-order chi connectivity index (χ0) is 14.7. The van der Waals surface area contributed by atoms with E-state index in [0.29, 0.717) is 0 Å². The predicted molar refractivity (Wildman–Crippen MR) is 85.1 cm³/mol. The minimum atomic E-state index is 0.0813. The molecular formula is C17H20N4. The summed E-state index contributed by atoms with van der Waals surface area (Å²) in [4.78, 5) is 8.99. The summed E-state index contributed by atoms with van der Waals surface area (Å²) in [5.74, 6) is 1.03. The van der Waals surface area contributed by atoms with E-state index in [-0.39, 0.29) is 6.04 Å². The first-order valence-electron chi connectivity index (χ1n) is 7.35. The van der Waals surface area contributed by atoms with E-state index in [2.05, 4.69) is 45.0 Å². The Kier molecular flexibility index (Phi) is 3.97. The third-order valence-corrected chi connectivity index (χ3v) is 3.71. The Morgan fingerprint density at radius 1 is 1.14 bits per heavy atom. The summed E-state index contributed by atoms with van der Waals surface area (Å²) in [6, 6.07) is 10.5. The molecule has 1 aromatic carbocycles. The van der Waals surface area contributed by atoms with E-state index < -0.39 is 0 Å². The van der Waals surface area contributed by atoms with Gasteiger partial charge in [0.2, 0.25) is 0 Å². The number of hydrogen-bond acceptors (Lipinski definition) is 3. The molecule has 3 aromatic rings. The maximum Gasteiger partial charge on any atom is 0.130 e. The second-order valence-corrected chi connectivity index (χ2v) is 5.20. The second-order valence-electron chi connectivity index (χ2n) is 5.20. The number of imidazole rings is 1. The molecule has 1 N–H and O–H groups in total. The Bertz CT molecular complexity index is 727. The fourth-order valence-electron chi connectivity index (χ4n) is 2.66. The van der Waals surface area contributed by atoms with Gasteiger partial charge in [0.1, 0.15) is 5.82 Å². The van der Waals surface area contributed by atoms with Gasteiger partial charge in [0.15, 0.2) is 0 Å². The van der Waals surface area contributed by atoms with Crippen LogP contribution >= 0.6 is 0 Å². The Morgan fingerprint density at radius 3 is 2.81 bits per heavy atom. The minimum absolute atomic E-state index is 0.0813. The number of benzene rings is 1. The van der Waals surface area contributed by atoms with Crippen LogP contribution in [0.15, 0.2) is 48.9 Å². The molecule has 0 radical (unpaired) electrons. The molecule has 4 heteroatoms. The van der Waals surface area contributed by atoms with Crippen LogP contribution in [0.5, 0.6) is 0 Å². The molecule has 0 saturated carbocycles. The van der Waals surface area contributed by atoms with Gasteiger partial charge in [0.05, 0.1) is 11.6 Å². The maximum atomic E-state index is 4.53. The summed E-state index contributed by atoms with van der Waals surface area (Å²) in [6.45, 7) is 3.13. The number of rotatable bonds is 5. The van der Waals surface area contributed by atoms with Gasteiger partial charge in [-0.3, -0.25) is 4.98 Å². The fourth-order valence-corrected chi connectivity index (χ4v) is 2.66.